The molecule has 0 aliphatic carbocycles. The molecule has 0 bridgehead atoms. The van der Waals surface area contributed by atoms with Crippen molar-refractivity contribution in [1.82, 2.24) is 20.7 Å². The monoisotopic (exact) mass is 188 g/mol. The number of benzene rings is 1. The molecule has 0 atom stereocenters. The van der Waals surface area contributed by atoms with Crippen LogP contribution >= 0.6 is 0 Å². The van der Waals surface area contributed by atoms with Gasteiger partial charge in [-0.25, -0.2) is 0 Å². The summed E-state index contributed by atoms with van der Waals surface area (Å²) in [6, 6.07) is 8.26. The summed E-state index contributed by atoms with van der Waals surface area (Å²) in [6.07, 6.45) is 1.72. The van der Waals surface area contributed by atoms with E-state index in [0.717, 1.165) is 17.8 Å². The van der Waals surface area contributed by atoms with E-state index in [1.807, 2.05) is 19.2 Å². The Labute approximate surface area is 82.4 Å². The van der Waals surface area contributed by atoms with Gasteiger partial charge in [0.1, 0.15) is 5.69 Å². The number of nitrogens with one attached hydrogen (secondary N) is 2. The van der Waals surface area contributed by atoms with Crippen LogP contribution < -0.4 is 5.32 Å². The van der Waals surface area contributed by atoms with E-state index < -0.39 is 0 Å². The average molecular weight is 188 g/mol. The van der Waals surface area contributed by atoms with E-state index in [1.54, 1.807) is 6.20 Å². The van der Waals surface area contributed by atoms with Crippen LogP contribution in [0.15, 0.2) is 30.5 Å². The standard InChI is InChI=1S/C10H12N4/c1-11-6-8-2-4-9(5-3-8)10-7-12-14-13-10/h2-5,7,11H,6H2,1H3,(H,12,13,14). The lowest BCUT2D eigenvalue weighted by atomic mass is 10.1. The first kappa shape index (κ1) is 8.90. The maximum absolute atomic E-state index is 4.01. The highest BCUT2D eigenvalue weighted by Gasteiger charge is 1.99. The Morgan fingerprint density at radius 2 is 2.07 bits per heavy atom. The molecule has 2 rings (SSSR count). The third kappa shape index (κ3) is 1.80. The van der Waals surface area contributed by atoms with Gasteiger partial charge in [0.15, 0.2) is 0 Å². The zero-order valence-corrected chi connectivity index (χ0v) is 7.99. The molecular weight excluding hydrogens is 176 g/mol. The van der Waals surface area contributed by atoms with Gasteiger partial charge < -0.3 is 5.32 Å². The molecule has 14 heavy (non-hydrogen) atoms. The summed E-state index contributed by atoms with van der Waals surface area (Å²) in [5, 5.41) is 13.5. The lowest BCUT2D eigenvalue weighted by Gasteiger charge is -2.00. The molecule has 0 saturated heterocycles. The van der Waals surface area contributed by atoms with Crippen molar-refractivity contribution in [2.75, 3.05) is 7.05 Å². The lowest BCUT2D eigenvalue weighted by Crippen LogP contribution is -2.04. The van der Waals surface area contributed by atoms with Crippen LogP contribution in [0.1, 0.15) is 5.56 Å². The summed E-state index contributed by atoms with van der Waals surface area (Å²) < 4.78 is 0. The Morgan fingerprint density at radius 3 is 2.64 bits per heavy atom. The highest BCUT2D eigenvalue weighted by Crippen LogP contribution is 2.15. The van der Waals surface area contributed by atoms with Crippen LogP contribution in [0.5, 0.6) is 0 Å². The molecule has 2 N–H and O–H groups in total. The molecule has 0 amide bonds. The number of hydrogen-bond acceptors (Lipinski definition) is 3. The number of rotatable bonds is 3. The number of H-pyrrole nitrogens is 1. The summed E-state index contributed by atoms with van der Waals surface area (Å²) in [6.45, 7) is 0.888. The molecule has 0 saturated carbocycles. The minimum Gasteiger partial charge on any atom is -0.316 e. The Hall–Kier alpha value is -1.68. The third-order valence-corrected chi connectivity index (χ3v) is 2.05. The normalized spacial score (nSPS) is 10.4. The number of aromatic nitrogens is 3. The largest absolute Gasteiger partial charge is 0.316 e. The highest BCUT2D eigenvalue weighted by molar-refractivity contribution is 5.57. The van der Waals surface area contributed by atoms with Crippen molar-refractivity contribution in [3.8, 4) is 11.3 Å². The average Bonchev–Trinajstić information content (AvgIpc) is 2.72. The molecule has 1 heterocycles. The molecule has 0 fully saturated rings. The maximum Gasteiger partial charge on any atom is 0.112 e. The van der Waals surface area contributed by atoms with Crippen LogP contribution in [-0.2, 0) is 6.54 Å². The predicted molar refractivity (Wildman–Crippen MR) is 54.6 cm³/mol. The summed E-state index contributed by atoms with van der Waals surface area (Å²) >= 11 is 0. The number of hydrogen-bond donors (Lipinski definition) is 2. The molecule has 0 aliphatic rings. The van der Waals surface area contributed by atoms with Crippen LogP contribution in [0.2, 0.25) is 0 Å². The Kier molecular flexibility index (Phi) is 2.55. The van der Waals surface area contributed by atoms with Crippen LogP contribution in [0.4, 0.5) is 0 Å². The maximum atomic E-state index is 4.01. The van der Waals surface area contributed by atoms with E-state index in [0.29, 0.717) is 0 Å². The SMILES string of the molecule is CNCc1ccc(-c2cn[nH]n2)cc1. The zero-order chi connectivity index (χ0) is 9.80. The van der Waals surface area contributed by atoms with E-state index >= 15 is 0 Å². The summed E-state index contributed by atoms with van der Waals surface area (Å²) in [7, 11) is 1.94. The van der Waals surface area contributed by atoms with E-state index in [1.165, 1.54) is 5.56 Å². The first-order chi connectivity index (χ1) is 6.90. The van der Waals surface area contributed by atoms with Crippen LogP contribution in [0.25, 0.3) is 11.3 Å². The minimum atomic E-state index is 0.876. The Bertz CT molecular complexity index is 377. The molecule has 4 nitrogen and oxygen atoms in total. The van der Waals surface area contributed by atoms with Crippen molar-refractivity contribution in [1.29, 1.82) is 0 Å². The summed E-state index contributed by atoms with van der Waals surface area (Å²) in [4.78, 5) is 0. The molecular formula is C10H12N4. The smallest absolute Gasteiger partial charge is 0.112 e. The second kappa shape index (κ2) is 4.02. The van der Waals surface area contributed by atoms with E-state index in [-0.39, 0.29) is 0 Å². The first-order valence-electron chi connectivity index (χ1n) is 4.50. The van der Waals surface area contributed by atoms with Crippen molar-refractivity contribution in [3.63, 3.8) is 0 Å². The zero-order valence-electron chi connectivity index (χ0n) is 7.99. The van der Waals surface area contributed by atoms with Crippen molar-refractivity contribution in [2.45, 2.75) is 6.54 Å². The molecule has 0 aliphatic heterocycles. The topological polar surface area (TPSA) is 53.6 Å². The van der Waals surface area contributed by atoms with Gasteiger partial charge in [-0.3, -0.25) is 0 Å². The van der Waals surface area contributed by atoms with Gasteiger partial charge >= 0.3 is 0 Å². The van der Waals surface area contributed by atoms with Crippen LogP contribution in [-0.4, -0.2) is 22.5 Å². The summed E-state index contributed by atoms with van der Waals surface area (Å²) in [5.74, 6) is 0. The van der Waals surface area contributed by atoms with Crippen LogP contribution in [0, 0.1) is 0 Å². The fraction of sp³-hybridized carbons (Fsp3) is 0.200. The molecule has 0 radical (unpaired) electrons. The number of aromatic amines is 1. The highest BCUT2D eigenvalue weighted by atomic mass is 15.3. The van der Waals surface area contributed by atoms with Gasteiger partial charge in [0.25, 0.3) is 0 Å². The molecule has 1 aromatic carbocycles. The van der Waals surface area contributed by atoms with Gasteiger partial charge in [0.05, 0.1) is 6.20 Å². The quantitative estimate of drug-likeness (QED) is 0.760. The van der Waals surface area contributed by atoms with Gasteiger partial charge in [-0.15, -0.1) is 0 Å². The molecule has 72 valence electrons. The fourth-order valence-electron chi connectivity index (χ4n) is 1.34. The van der Waals surface area contributed by atoms with Crippen molar-refractivity contribution in [3.05, 3.63) is 36.0 Å². The van der Waals surface area contributed by atoms with E-state index in [4.69, 9.17) is 0 Å². The molecule has 0 unspecified atom stereocenters. The molecule has 1 aromatic heterocycles. The molecule has 0 spiro atoms. The Balaban J connectivity index is 2.22. The third-order valence-electron chi connectivity index (χ3n) is 2.05. The second-order valence-corrected chi connectivity index (χ2v) is 3.08. The van der Waals surface area contributed by atoms with Gasteiger partial charge in [0.2, 0.25) is 0 Å². The van der Waals surface area contributed by atoms with Crippen molar-refractivity contribution in [2.24, 2.45) is 0 Å². The first-order valence-corrected chi connectivity index (χ1v) is 4.50. The van der Waals surface area contributed by atoms with Crippen LogP contribution in [0.3, 0.4) is 0 Å². The molecule has 4 heteroatoms. The van der Waals surface area contributed by atoms with Crippen molar-refractivity contribution < 1.29 is 0 Å². The van der Waals surface area contributed by atoms with Gasteiger partial charge in [-0.1, -0.05) is 24.3 Å². The lowest BCUT2D eigenvalue weighted by molar-refractivity contribution is 0.818. The molecule has 2 aromatic rings. The van der Waals surface area contributed by atoms with Gasteiger partial charge in [-0.05, 0) is 12.6 Å². The summed E-state index contributed by atoms with van der Waals surface area (Å²) in [5.41, 5.74) is 3.22. The van der Waals surface area contributed by atoms with Gasteiger partial charge in [0, 0.05) is 12.1 Å². The second-order valence-electron chi connectivity index (χ2n) is 3.08. The number of nitrogens with zero attached hydrogens (tertiary/aromatic N) is 2. The van der Waals surface area contributed by atoms with E-state index in [9.17, 15) is 0 Å². The van der Waals surface area contributed by atoms with E-state index in [2.05, 4.69) is 32.9 Å². The fourth-order valence-corrected chi connectivity index (χ4v) is 1.34. The minimum absolute atomic E-state index is 0.876. The predicted octanol–water partition coefficient (Wildman–Crippen LogP) is 1.19. The van der Waals surface area contributed by atoms with Gasteiger partial charge in [-0.2, -0.15) is 15.4 Å². The van der Waals surface area contributed by atoms with Crippen molar-refractivity contribution >= 4 is 0 Å². The Morgan fingerprint density at radius 1 is 1.29 bits per heavy atom.